The molecule has 3 aromatic heterocycles. The number of rotatable bonds is 4. The van der Waals surface area contributed by atoms with Crippen molar-refractivity contribution in [2.45, 2.75) is 51.4 Å². The van der Waals surface area contributed by atoms with E-state index >= 15 is 0 Å². The molecule has 0 N–H and O–H groups in total. The molecule has 1 aliphatic rings. The fourth-order valence-corrected chi connectivity index (χ4v) is 11.8. The van der Waals surface area contributed by atoms with Crippen LogP contribution in [0.25, 0.3) is 121 Å². The van der Waals surface area contributed by atoms with Crippen LogP contribution in [0.5, 0.6) is 0 Å². The summed E-state index contributed by atoms with van der Waals surface area (Å²) >= 11 is 0. The molecule has 0 aliphatic heterocycles. The Kier molecular flexibility index (Phi) is 8.18. The molecule has 0 saturated heterocycles. The lowest BCUT2D eigenvalue weighted by Gasteiger charge is -2.42. The van der Waals surface area contributed by atoms with E-state index in [0.29, 0.717) is 5.95 Å². The van der Waals surface area contributed by atoms with Crippen LogP contribution in [-0.2, 0) is 10.8 Å². The van der Waals surface area contributed by atoms with Gasteiger partial charge in [-0.3, -0.25) is 4.57 Å². The Bertz CT molecular complexity index is 4260. The van der Waals surface area contributed by atoms with Crippen LogP contribution in [0.1, 0.15) is 51.7 Å². The molecule has 0 saturated carbocycles. The van der Waals surface area contributed by atoms with Crippen molar-refractivity contribution in [3.63, 3.8) is 0 Å². The molecule has 0 radical (unpaired) electrons. The van der Waals surface area contributed by atoms with Crippen LogP contribution in [0, 0.1) is 0 Å². The van der Waals surface area contributed by atoms with Gasteiger partial charge in [0.1, 0.15) is 0 Å². The number of hydrogen-bond acceptors (Lipinski definition) is 2. The molecule has 4 heteroatoms. The van der Waals surface area contributed by atoms with E-state index in [9.17, 15) is 0 Å². The Morgan fingerprint density at radius 1 is 0.368 bits per heavy atom. The van der Waals surface area contributed by atoms with E-state index in [1.54, 1.807) is 0 Å². The predicted octanol–water partition coefficient (Wildman–Crippen LogP) is 17.0. The maximum Gasteiger partial charge on any atom is 0.235 e. The molecule has 10 aromatic carbocycles. The Balaban J connectivity index is 1.11. The molecule has 4 nitrogen and oxygen atoms in total. The van der Waals surface area contributed by atoms with E-state index in [2.05, 4.69) is 231 Å². The summed E-state index contributed by atoms with van der Waals surface area (Å²) in [5.41, 5.74) is 14.0. The summed E-state index contributed by atoms with van der Waals surface area (Å²) in [4.78, 5) is 11.4. The van der Waals surface area contributed by atoms with Gasteiger partial charge >= 0.3 is 0 Å². The van der Waals surface area contributed by atoms with Crippen LogP contribution in [0.4, 0.5) is 0 Å². The summed E-state index contributed by atoms with van der Waals surface area (Å²) < 4.78 is 4.86. The third-order valence-electron chi connectivity index (χ3n) is 15.5. The van der Waals surface area contributed by atoms with Crippen LogP contribution in [0.2, 0.25) is 0 Å². The normalized spacial score (nSPS) is 14.6. The highest BCUT2D eigenvalue weighted by atomic mass is 15.2. The zero-order valence-corrected chi connectivity index (χ0v) is 38.7. The molecular weight excluding hydrogens is 825 g/mol. The average Bonchev–Trinajstić information content (AvgIpc) is 3.88. The number of para-hydroxylation sites is 1. The molecule has 0 bridgehead atoms. The molecule has 14 rings (SSSR count). The van der Waals surface area contributed by atoms with Gasteiger partial charge in [-0.25, -0.2) is 9.97 Å². The molecule has 68 heavy (non-hydrogen) atoms. The number of benzene rings is 10. The highest BCUT2D eigenvalue weighted by Gasteiger charge is 2.38. The standard InChI is InChI=1S/C64H48N4/c1-63(2)31-32-64(3,4)54-38-58-50(35-53(54)63)51-36-57-52(37-56(51)67(58)46-21-6-5-7-22-46)59-47-23-12-10-16-40(47)28-30-55(59)68(57)62-65-60(49-29-27-41-17-11-13-24-48(41)61(49)66-62)45-20-14-19-43(34-45)44-26-25-39-15-8-9-18-42(39)33-44/h5-30,33-38H,31-32H2,1-4H3. The fourth-order valence-electron chi connectivity index (χ4n) is 11.8. The van der Waals surface area contributed by atoms with Crippen LogP contribution in [-0.4, -0.2) is 19.1 Å². The van der Waals surface area contributed by atoms with Gasteiger partial charge in [-0.2, -0.15) is 0 Å². The summed E-state index contributed by atoms with van der Waals surface area (Å²) in [6.07, 6.45) is 2.32. The van der Waals surface area contributed by atoms with E-state index in [1.165, 1.54) is 70.8 Å². The SMILES string of the molecule is CC1(C)CCC(C)(C)c2cc3c(cc21)c1cc2c(cc1n3-c1ccccc1)c1c3ccccc3ccc1n2-c1nc(-c2cccc(-c3ccc4ccccc4c3)c2)c2ccc3ccccc3c2n1. The molecule has 1 aliphatic carbocycles. The van der Waals surface area contributed by atoms with Crippen LogP contribution in [0.15, 0.2) is 194 Å². The van der Waals surface area contributed by atoms with E-state index < -0.39 is 0 Å². The lowest BCUT2D eigenvalue weighted by atomic mass is 9.63. The highest BCUT2D eigenvalue weighted by molar-refractivity contribution is 6.25. The van der Waals surface area contributed by atoms with Gasteiger partial charge < -0.3 is 4.57 Å². The first-order chi connectivity index (χ1) is 33.2. The highest BCUT2D eigenvalue weighted by Crippen LogP contribution is 2.50. The molecule has 0 atom stereocenters. The van der Waals surface area contributed by atoms with E-state index in [0.717, 1.165) is 68.1 Å². The second-order valence-corrected chi connectivity index (χ2v) is 20.5. The van der Waals surface area contributed by atoms with Gasteiger partial charge in [-0.15, -0.1) is 0 Å². The van der Waals surface area contributed by atoms with E-state index in [-0.39, 0.29) is 10.8 Å². The lowest BCUT2D eigenvalue weighted by Crippen LogP contribution is -2.33. The smallest absolute Gasteiger partial charge is 0.235 e. The molecule has 0 spiro atoms. The summed E-state index contributed by atoms with van der Waals surface area (Å²) in [6, 6.07) is 71.5. The largest absolute Gasteiger partial charge is 0.309 e. The summed E-state index contributed by atoms with van der Waals surface area (Å²) in [5, 5.41) is 13.0. The maximum absolute atomic E-state index is 5.72. The number of hydrogen-bond donors (Lipinski definition) is 0. The lowest BCUT2D eigenvalue weighted by molar-refractivity contribution is 0.332. The third-order valence-corrected chi connectivity index (χ3v) is 15.5. The van der Waals surface area contributed by atoms with Crippen molar-refractivity contribution >= 4 is 86.8 Å². The average molecular weight is 873 g/mol. The molecule has 3 heterocycles. The van der Waals surface area contributed by atoms with Crippen molar-refractivity contribution in [3.8, 4) is 34.0 Å². The number of fused-ring (bicyclic) bond motifs is 13. The first kappa shape index (κ1) is 39.1. The van der Waals surface area contributed by atoms with Crippen LogP contribution in [0.3, 0.4) is 0 Å². The van der Waals surface area contributed by atoms with Crippen molar-refractivity contribution in [2.75, 3.05) is 0 Å². The summed E-state index contributed by atoms with van der Waals surface area (Å²) in [6.45, 7) is 9.72. The monoisotopic (exact) mass is 872 g/mol. The minimum absolute atomic E-state index is 0.0574. The quantitative estimate of drug-likeness (QED) is 0.165. The molecule has 0 unspecified atom stereocenters. The number of aromatic nitrogens is 4. The van der Waals surface area contributed by atoms with Gasteiger partial charge in [-0.1, -0.05) is 161 Å². The van der Waals surface area contributed by atoms with E-state index in [1.807, 2.05) is 0 Å². The van der Waals surface area contributed by atoms with Gasteiger partial charge in [0.25, 0.3) is 0 Å². The molecule has 0 fully saturated rings. The Morgan fingerprint density at radius 2 is 0.956 bits per heavy atom. The molecule has 13 aromatic rings. The predicted molar refractivity (Wildman–Crippen MR) is 287 cm³/mol. The van der Waals surface area contributed by atoms with Crippen molar-refractivity contribution < 1.29 is 0 Å². The van der Waals surface area contributed by atoms with Gasteiger partial charge in [-0.05, 0) is 134 Å². The Morgan fingerprint density at radius 3 is 1.76 bits per heavy atom. The second-order valence-electron chi connectivity index (χ2n) is 20.5. The summed E-state index contributed by atoms with van der Waals surface area (Å²) in [5.74, 6) is 0.654. The number of nitrogens with zero attached hydrogens (tertiary/aromatic N) is 4. The Labute approximate surface area is 394 Å². The molecular formula is C64H48N4. The zero-order chi connectivity index (χ0) is 45.5. The Hall–Kier alpha value is -8.08. The van der Waals surface area contributed by atoms with Crippen molar-refractivity contribution in [1.82, 2.24) is 19.1 Å². The third kappa shape index (κ3) is 5.73. The van der Waals surface area contributed by atoms with Crippen LogP contribution >= 0.6 is 0 Å². The van der Waals surface area contributed by atoms with Gasteiger partial charge in [0.2, 0.25) is 5.95 Å². The maximum atomic E-state index is 5.72. The van der Waals surface area contributed by atoms with Crippen molar-refractivity contribution in [1.29, 1.82) is 0 Å². The van der Waals surface area contributed by atoms with E-state index in [4.69, 9.17) is 9.97 Å². The molecule has 324 valence electrons. The summed E-state index contributed by atoms with van der Waals surface area (Å²) in [7, 11) is 0. The van der Waals surface area contributed by atoms with Crippen LogP contribution < -0.4 is 0 Å². The fraction of sp³-hybridized carbons (Fsp3) is 0.125. The van der Waals surface area contributed by atoms with Gasteiger partial charge in [0.05, 0.1) is 33.3 Å². The minimum Gasteiger partial charge on any atom is -0.309 e. The van der Waals surface area contributed by atoms with Crippen molar-refractivity contribution in [3.05, 3.63) is 205 Å². The first-order valence-corrected chi connectivity index (χ1v) is 24.0. The topological polar surface area (TPSA) is 35.6 Å². The van der Waals surface area contributed by atoms with Crippen molar-refractivity contribution in [2.24, 2.45) is 0 Å². The van der Waals surface area contributed by atoms with Gasteiger partial charge in [0, 0.05) is 43.6 Å². The zero-order valence-electron chi connectivity index (χ0n) is 38.7. The first-order valence-electron chi connectivity index (χ1n) is 24.0. The second kappa shape index (κ2) is 14.2. The minimum atomic E-state index is 0.0574. The van der Waals surface area contributed by atoms with Gasteiger partial charge in [0.15, 0.2) is 0 Å². The molecule has 0 amide bonds.